The lowest BCUT2D eigenvalue weighted by Gasteiger charge is -2.37. The monoisotopic (exact) mass is 425 g/mol. The molecule has 28 heavy (non-hydrogen) atoms. The number of piperazine rings is 1. The van der Waals surface area contributed by atoms with Crippen molar-refractivity contribution in [3.63, 3.8) is 0 Å². The molecule has 9 heteroatoms. The van der Waals surface area contributed by atoms with Crippen LogP contribution in [0, 0.1) is 5.92 Å². The highest BCUT2D eigenvalue weighted by Gasteiger charge is 2.36. The number of fused-ring (bicyclic) bond motifs is 1. The maximum Gasteiger partial charge on any atom is 0.243 e. The highest BCUT2D eigenvalue weighted by atomic mass is 35.5. The zero-order valence-corrected chi connectivity index (χ0v) is 17.1. The van der Waals surface area contributed by atoms with Crippen molar-refractivity contribution in [2.24, 2.45) is 5.92 Å². The van der Waals surface area contributed by atoms with Crippen LogP contribution >= 0.6 is 11.6 Å². The van der Waals surface area contributed by atoms with Crippen LogP contribution in [0.5, 0.6) is 5.75 Å². The molecule has 3 aliphatic heterocycles. The molecule has 0 radical (unpaired) electrons. The molecule has 0 unspecified atom stereocenters. The minimum atomic E-state index is -3.75. The molecule has 0 aromatic heterocycles. The smallest absolute Gasteiger partial charge is 0.243 e. The number of carbonyl (C=O) groups is 1. The Balaban J connectivity index is 1.44. The highest BCUT2D eigenvalue weighted by molar-refractivity contribution is 7.93. The van der Waals surface area contributed by atoms with E-state index in [2.05, 4.69) is 5.32 Å². The van der Waals surface area contributed by atoms with E-state index in [9.17, 15) is 13.2 Å². The quantitative estimate of drug-likeness (QED) is 0.791. The Morgan fingerprint density at radius 3 is 2.75 bits per heavy atom. The molecule has 0 bridgehead atoms. The van der Waals surface area contributed by atoms with E-state index in [4.69, 9.17) is 16.3 Å². The summed E-state index contributed by atoms with van der Waals surface area (Å²) in [6, 6.07) is 5.09. The number of nitrogens with one attached hydrogen (secondary N) is 1. The van der Waals surface area contributed by atoms with Crippen molar-refractivity contribution >= 4 is 33.6 Å². The summed E-state index contributed by atoms with van der Waals surface area (Å²) >= 11 is 5.95. The van der Waals surface area contributed by atoms with Crippen molar-refractivity contribution in [2.45, 2.75) is 12.8 Å². The fourth-order valence-corrected chi connectivity index (χ4v) is 5.47. The Kier molecular flexibility index (Phi) is 5.64. The first-order valence-corrected chi connectivity index (χ1v) is 11.4. The number of nitrogens with zero attached hydrogens (tertiary/aromatic N) is 2. The molecule has 4 rings (SSSR count). The van der Waals surface area contributed by atoms with Crippen LogP contribution in [0.1, 0.15) is 18.4 Å². The molecule has 1 aromatic carbocycles. The second kappa shape index (κ2) is 8.02. The Hall–Kier alpha value is -1.61. The van der Waals surface area contributed by atoms with Crippen LogP contribution in [0.25, 0.3) is 6.08 Å². The fourth-order valence-electron chi connectivity index (χ4n) is 3.89. The predicted octanol–water partition coefficient (Wildman–Crippen LogP) is 1.55. The lowest BCUT2D eigenvalue weighted by Crippen LogP contribution is -2.54. The molecule has 2 fully saturated rings. The molecule has 1 aromatic rings. The van der Waals surface area contributed by atoms with Gasteiger partial charge in [-0.15, -0.1) is 0 Å². The topological polar surface area (TPSA) is 79.0 Å². The van der Waals surface area contributed by atoms with Gasteiger partial charge in [0.1, 0.15) is 12.4 Å². The summed E-state index contributed by atoms with van der Waals surface area (Å²) in [5.74, 6) is 0.929. The van der Waals surface area contributed by atoms with Gasteiger partial charge in [-0.05, 0) is 56.1 Å². The fraction of sp³-hybridized carbons (Fsp3) is 0.526. The van der Waals surface area contributed by atoms with Gasteiger partial charge in [0, 0.05) is 30.2 Å². The summed E-state index contributed by atoms with van der Waals surface area (Å²) in [6.07, 6.45) is 3.72. The van der Waals surface area contributed by atoms with Gasteiger partial charge in [-0.25, -0.2) is 8.42 Å². The van der Waals surface area contributed by atoms with Gasteiger partial charge < -0.3 is 15.0 Å². The van der Waals surface area contributed by atoms with E-state index in [1.807, 2.05) is 4.90 Å². The Labute approximate surface area is 170 Å². The van der Waals surface area contributed by atoms with E-state index in [0.29, 0.717) is 41.9 Å². The first kappa shape index (κ1) is 19.7. The molecule has 3 aliphatic rings. The number of halogens is 1. The minimum absolute atomic E-state index is 0.0564. The maximum atomic E-state index is 13.0. The summed E-state index contributed by atoms with van der Waals surface area (Å²) in [5, 5.41) is 3.86. The van der Waals surface area contributed by atoms with Gasteiger partial charge >= 0.3 is 0 Å². The number of rotatable bonds is 4. The minimum Gasteiger partial charge on any atom is -0.487 e. The first-order chi connectivity index (χ1) is 13.4. The van der Waals surface area contributed by atoms with Crippen molar-refractivity contribution < 1.29 is 17.9 Å². The number of piperidine rings is 1. The van der Waals surface area contributed by atoms with Crippen LogP contribution in [-0.4, -0.2) is 69.4 Å². The van der Waals surface area contributed by atoms with Gasteiger partial charge in [0.05, 0.1) is 11.4 Å². The van der Waals surface area contributed by atoms with E-state index >= 15 is 0 Å². The molecule has 7 nitrogen and oxygen atoms in total. The number of carbonyl (C=O) groups excluding carboxylic acids is 1. The van der Waals surface area contributed by atoms with Crippen molar-refractivity contribution in [1.29, 1.82) is 0 Å². The number of ether oxygens (including phenoxy) is 1. The third-order valence-corrected chi connectivity index (χ3v) is 7.68. The standard InChI is InChI=1S/C19H24ClN3O4S/c20-16-2-1-15-9-17(13-27-18(15)10-16)28(25,26)23-8-7-22(19(24)12-23)11-14-3-5-21-6-4-14/h1-2,9-10,14,21H,3-8,11-13H2. The van der Waals surface area contributed by atoms with Crippen LogP contribution in [-0.2, 0) is 14.8 Å². The molecule has 2 saturated heterocycles. The van der Waals surface area contributed by atoms with Gasteiger partial charge in [0.2, 0.25) is 15.9 Å². The number of hydrogen-bond acceptors (Lipinski definition) is 5. The normalized spacial score (nSPS) is 21.8. The summed E-state index contributed by atoms with van der Waals surface area (Å²) in [7, 11) is -3.75. The van der Waals surface area contributed by atoms with Crippen LogP contribution in [0.3, 0.4) is 0 Å². The molecule has 0 aliphatic carbocycles. The van der Waals surface area contributed by atoms with E-state index < -0.39 is 10.0 Å². The summed E-state index contributed by atoms with van der Waals surface area (Å²) in [4.78, 5) is 14.6. The molecular formula is C19H24ClN3O4S. The van der Waals surface area contributed by atoms with E-state index in [1.54, 1.807) is 24.3 Å². The summed E-state index contributed by atoms with van der Waals surface area (Å²) in [6.45, 7) is 3.25. The van der Waals surface area contributed by atoms with Crippen molar-refractivity contribution in [3.05, 3.63) is 33.7 Å². The Morgan fingerprint density at radius 2 is 2.00 bits per heavy atom. The molecule has 1 N–H and O–H groups in total. The Bertz CT molecular complexity index is 896. The van der Waals surface area contributed by atoms with Gasteiger partial charge in [-0.3, -0.25) is 4.79 Å². The second-order valence-electron chi connectivity index (χ2n) is 7.45. The summed E-state index contributed by atoms with van der Waals surface area (Å²) < 4.78 is 32.9. The van der Waals surface area contributed by atoms with Crippen LogP contribution in [0.15, 0.2) is 23.1 Å². The average molecular weight is 426 g/mol. The molecule has 0 saturated carbocycles. The number of amides is 1. The average Bonchev–Trinajstić information content (AvgIpc) is 2.69. The third-order valence-electron chi connectivity index (χ3n) is 5.55. The van der Waals surface area contributed by atoms with Gasteiger partial charge in [0.15, 0.2) is 0 Å². The lowest BCUT2D eigenvalue weighted by molar-refractivity contribution is -0.134. The number of benzene rings is 1. The molecule has 0 atom stereocenters. The second-order valence-corrected chi connectivity index (χ2v) is 9.88. The van der Waals surface area contributed by atoms with E-state index in [0.717, 1.165) is 25.9 Å². The van der Waals surface area contributed by atoms with Crippen molar-refractivity contribution in [2.75, 3.05) is 45.9 Å². The zero-order chi connectivity index (χ0) is 19.7. The van der Waals surface area contributed by atoms with Crippen molar-refractivity contribution in [1.82, 2.24) is 14.5 Å². The van der Waals surface area contributed by atoms with Crippen molar-refractivity contribution in [3.8, 4) is 5.75 Å². The van der Waals surface area contributed by atoms with Crippen LogP contribution in [0.2, 0.25) is 5.02 Å². The number of hydrogen-bond donors (Lipinski definition) is 1. The van der Waals surface area contributed by atoms with E-state index in [-0.39, 0.29) is 24.0 Å². The van der Waals surface area contributed by atoms with Gasteiger partial charge in [-0.1, -0.05) is 11.6 Å². The third kappa shape index (κ3) is 4.05. The maximum absolute atomic E-state index is 13.0. The molecule has 152 valence electrons. The van der Waals surface area contributed by atoms with Gasteiger partial charge in [0.25, 0.3) is 0 Å². The SMILES string of the molecule is O=C1CN(S(=O)(=O)C2=Cc3ccc(Cl)cc3OC2)CCN1CC1CCNCC1. The molecule has 3 heterocycles. The first-order valence-electron chi connectivity index (χ1n) is 9.55. The largest absolute Gasteiger partial charge is 0.487 e. The zero-order valence-electron chi connectivity index (χ0n) is 15.6. The number of sulfonamides is 1. The highest BCUT2D eigenvalue weighted by Crippen LogP contribution is 2.32. The molecular weight excluding hydrogens is 402 g/mol. The van der Waals surface area contributed by atoms with Crippen LogP contribution in [0.4, 0.5) is 0 Å². The predicted molar refractivity (Wildman–Crippen MR) is 108 cm³/mol. The van der Waals surface area contributed by atoms with Crippen LogP contribution < -0.4 is 10.1 Å². The van der Waals surface area contributed by atoms with Gasteiger partial charge in [-0.2, -0.15) is 4.31 Å². The van der Waals surface area contributed by atoms with E-state index in [1.165, 1.54) is 4.31 Å². The molecule has 1 amide bonds. The lowest BCUT2D eigenvalue weighted by atomic mass is 9.97. The Morgan fingerprint density at radius 1 is 1.21 bits per heavy atom. The molecule has 0 spiro atoms. The summed E-state index contributed by atoms with van der Waals surface area (Å²) in [5.41, 5.74) is 0.671.